The Hall–Kier alpha value is -1.62. The standard InChI is InChI=1S/C15H16BrNO3/c1-15(2)7-11(13(16)12(18)8-15)17-10-5-3-9(4-6-10)14(19)20/h3-6,17H,7-8H2,1-2H3,(H,19,20). The van der Waals surface area contributed by atoms with E-state index in [0.29, 0.717) is 10.9 Å². The van der Waals surface area contributed by atoms with Gasteiger partial charge in [0.15, 0.2) is 5.78 Å². The molecule has 0 amide bonds. The van der Waals surface area contributed by atoms with Crippen LogP contribution < -0.4 is 5.32 Å². The van der Waals surface area contributed by atoms with Gasteiger partial charge in [-0.1, -0.05) is 13.8 Å². The summed E-state index contributed by atoms with van der Waals surface area (Å²) >= 11 is 3.34. The first-order valence-corrected chi connectivity index (χ1v) is 7.10. The van der Waals surface area contributed by atoms with E-state index >= 15 is 0 Å². The molecule has 0 saturated heterocycles. The van der Waals surface area contributed by atoms with Crippen molar-refractivity contribution < 1.29 is 14.7 Å². The summed E-state index contributed by atoms with van der Waals surface area (Å²) in [6.07, 6.45) is 1.29. The van der Waals surface area contributed by atoms with Gasteiger partial charge in [-0.05, 0) is 52.0 Å². The maximum atomic E-state index is 11.9. The fourth-order valence-electron chi connectivity index (χ4n) is 2.27. The normalized spacial score (nSPS) is 18.1. The Balaban J connectivity index is 2.22. The number of nitrogens with one attached hydrogen (secondary N) is 1. The number of carboxylic acid groups (broad SMARTS) is 1. The van der Waals surface area contributed by atoms with Gasteiger partial charge in [0.25, 0.3) is 0 Å². The first-order valence-electron chi connectivity index (χ1n) is 6.31. The summed E-state index contributed by atoms with van der Waals surface area (Å²) in [5.41, 5.74) is 1.78. The second-order valence-electron chi connectivity index (χ2n) is 5.74. The molecule has 0 unspecified atom stereocenters. The number of carbonyl (C=O) groups excluding carboxylic acids is 1. The van der Waals surface area contributed by atoms with Crippen LogP contribution >= 0.6 is 15.9 Å². The highest BCUT2D eigenvalue weighted by molar-refractivity contribution is 9.12. The van der Waals surface area contributed by atoms with E-state index in [4.69, 9.17) is 5.11 Å². The average molecular weight is 338 g/mol. The number of carboxylic acids is 1. The molecule has 0 saturated carbocycles. The predicted octanol–water partition coefficient (Wildman–Crippen LogP) is 3.79. The molecule has 0 bridgehead atoms. The van der Waals surface area contributed by atoms with Crippen molar-refractivity contribution in [2.45, 2.75) is 26.7 Å². The third-order valence-electron chi connectivity index (χ3n) is 3.23. The third kappa shape index (κ3) is 3.28. The number of benzene rings is 1. The molecule has 0 spiro atoms. The Morgan fingerprint density at radius 1 is 1.25 bits per heavy atom. The molecule has 1 aromatic carbocycles. The fraction of sp³-hybridized carbons (Fsp3) is 0.333. The quantitative estimate of drug-likeness (QED) is 0.880. The minimum atomic E-state index is -0.953. The van der Waals surface area contributed by atoms with Gasteiger partial charge in [0, 0.05) is 17.8 Å². The molecule has 1 aliphatic carbocycles. The molecule has 0 heterocycles. The molecule has 106 valence electrons. The lowest BCUT2D eigenvalue weighted by Gasteiger charge is -2.31. The number of aromatic carboxylic acids is 1. The summed E-state index contributed by atoms with van der Waals surface area (Å²) in [5.74, 6) is -0.864. The van der Waals surface area contributed by atoms with Crippen LogP contribution in [-0.4, -0.2) is 16.9 Å². The van der Waals surface area contributed by atoms with E-state index in [-0.39, 0.29) is 16.8 Å². The van der Waals surface area contributed by atoms with Crippen LogP contribution in [0, 0.1) is 5.41 Å². The summed E-state index contributed by atoms with van der Waals surface area (Å²) in [4.78, 5) is 22.7. The van der Waals surface area contributed by atoms with Gasteiger partial charge in [-0.2, -0.15) is 0 Å². The molecule has 1 aliphatic rings. The molecule has 0 fully saturated rings. The zero-order valence-corrected chi connectivity index (χ0v) is 13.0. The van der Waals surface area contributed by atoms with Crippen molar-refractivity contribution >= 4 is 33.4 Å². The van der Waals surface area contributed by atoms with E-state index < -0.39 is 5.97 Å². The van der Waals surface area contributed by atoms with Crippen molar-refractivity contribution in [2.24, 2.45) is 5.41 Å². The minimum Gasteiger partial charge on any atom is -0.478 e. The first kappa shape index (κ1) is 14.8. The van der Waals surface area contributed by atoms with Gasteiger partial charge in [0.1, 0.15) is 0 Å². The lowest BCUT2D eigenvalue weighted by molar-refractivity contribution is -0.117. The van der Waals surface area contributed by atoms with E-state index in [1.807, 2.05) is 0 Å². The van der Waals surface area contributed by atoms with Crippen LogP contribution in [0.3, 0.4) is 0 Å². The molecule has 0 aliphatic heterocycles. The van der Waals surface area contributed by atoms with Crippen LogP contribution in [0.25, 0.3) is 0 Å². The van der Waals surface area contributed by atoms with Crippen LogP contribution in [0.4, 0.5) is 5.69 Å². The van der Waals surface area contributed by atoms with Crippen LogP contribution in [0.15, 0.2) is 34.4 Å². The van der Waals surface area contributed by atoms with Crippen molar-refractivity contribution in [3.05, 3.63) is 40.0 Å². The predicted molar refractivity (Wildman–Crippen MR) is 81.0 cm³/mol. The van der Waals surface area contributed by atoms with Gasteiger partial charge >= 0.3 is 5.97 Å². The SMILES string of the molecule is CC1(C)CC(=O)C(Br)=C(Nc2ccc(C(=O)O)cc2)C1. The molecule has 4 nitrogen and oxygen atoms in total. The van der Waals surface area contributed by atoms with Crippen molar-refractivity contribution in [1.82, 2.24) is 0 Å². The number of hydrogen-bond acceptors (Lipinski definition) is 3. The number of halogens is 1. The Labute approximate surface area is 126 Å². The maximum Gasteiger partial charge on any atom is 0.335 e. The number of anilines is 1. The van der Waals surface area contributed by atoms with Crippen molar-refractivity contribution in [2.75, 3.05) is 5.32 Å². The van der Waals surface area contributed by atoms with Crippen molar-refractivity contribution in [1.29, 1.82) is 0 Å². The van der Waals surface area contributed by atoms with Crippen molar-refractivity contribution in [3.63, 3.8) is 0 Å². The molecule has 0 aromatic heterocycles. The van der Waals surface area contributed by atoms with Gasteiger partial charge in [-0.3, -0.25) is 4.79 Å². The molecule has 1 aromatic rings. The molecule has 2 rings (SSSR count). The zero-order chi connectivity index (χ0) is 14.9. The molecule has 5 heteroatoms. The average Bonchev–Trinajstić information content (AvgIpc) is 2.35. The number of rotatable bonds is 3. The zero-order valence-electron chi connectivity index (χ0n) is 11.4. The molecule has 0 radical (unpaired) electrons. The number of carbonyl (C=O) groups is 2. The van der Waals surface area contributed by atoms with Crippen LogP contribution in [0.1, 0.15) is 37.0 Å². The second kappa shape index (κ2) is 5.40. The number of Topliss-reactive ketones (excluding diaryl/α,β-unsaturated/α-hetero) is 1. The van der Waals surface area contributed by atoms with Gasteiger partial charge < -0.3 is 10.4 Å². The van der Waals surface area contributed by atoms with E-state index in [9.17, 15) is 9.59 Å². The van der Waals surface area contributed by atoms with Gasteiger partial charge in [-0.25, -0.2) is 4.79 Å². The van der Waals surface area contributed by atoms with Gasteiger partial charge in [0.05, 0.1) is 10.0 Å². The lowest BCUT2D eigenvalue weighted by Crippen LogP contribution is -2.26. The number of allylic oxidation sites excluding steroid dienone is 2. The van der Waals surface area contributed by atoms with Gasteiger partial charge in [0.2, 0.25) is 0 Å². The Morgan fingerprint density at radius 3 is 2.40 bits per heavy atom. The topological polar surface area (TPSA) is 66.4 Å². The summed E-state index contributed by atoms with van der Waals surface area (Å²) in [5, 5.41) is 12.1. The fourth-order valence-corrected chi connectivity index (χ4v) is 2.65. The smallest absolute Gasteiger partial charge is 0.335 e. The third-order valence-corrected chi connectivity index (χ3v) is 4.15. The Bertz CT molecular complexity index is 588. The van der Waals surface area contributed by atoms with E-state index in [1.165, 1.54) is 12.1 Å². The van der Waals surface area contributed by atoms with Crippen LogP contribution in [0.5, 0.6) is 0 Å². The molecule has 2 N–H and O–H groups in total. The van der Waals surface area contributed by atoms with E-state index in [2.05, 4.69) is 35.1 Å². The maximum absolute atomic E-state index is 11.9. The summed E-state index contributed by atoms with van der Waals surface area (Å²) < 4.78 is 0.583. The minimum absolute atomic E-state index is 0.0717. The Morgan fingerprint density at radius 2 is 1.85 bits per heavy atom. The number of hydrogen-bond donors (Lipinski definition) is 2. The largest absolute Gasteiger partial charge is 0.478 e. The molecular weight excluding hydrogens is 322 g/mol. The molecular formula is C15H16BrNO3. The first-order chi connectivity index (χ1) is 9.28. The highest BCUT2D eigenvalue weighted by Gasteiger charge is 2.31. The molecule has 0 atom stereocenters. The van der Waals surface area contributed by atoms with Crippen molar-refractivity contribution in [3.8, 4) is 0 Å². The second-order valence-corrected chi connectivity index (χ2v) is 6.53. The number of ketones is 1. The molecule has 20 heavy (non-hydrogen) atoms. The lowest BCUT2D eigenvalue weighted by atomic mass is 9.79. The summed E-state index contributed by atoms with van der Waals surface area (Å²) in [6.45, 7) is 4.11. The Kier molecular flexibility index (Phi) is 3.99. The highest BCUT2D eigenvalue weighted by Crippen LogP contribution is 2.38. The van der Waals surface area contributed by atoms with Gasteiger partial charge in [-0.15, -0.1) is 0 Å². The summed E-state index contributed by atoms with van der Waals surface area (Å²) in [7, 11) is 0. The summed E-state index contributed by atoms with van der Waals surface area (Å²) in [6, 6.07) is 6.47. The van der Waals surface area contributed by atoms with Crippen LogP contribution in [0.2, 0.25) is 0 Å². The van der Waals surface area contributed by atoms with E-state index in [1.54, 1.807) is 12.1 Å². The van der Waals surface area contributed by atoms with E-state index in [0.717, 1.165) is 17.8 Å². The monoisotopic (exact) mass is 337 g/mol. The van der Waals surface area contributed by atoms with Crippen LogP contribution in [-0.2, 0) is 4.79 Å². The highest BCUT2D eigenvalue weighted by atomic mass is 79.9.